The van der Waals surface area contributed by atoms with Gasteiger partial charge < -0.3 is 5.32 Å². The first-order valence-corrected chi connectivity index (χ1v) is 10.1. The third kappa shape index (κ3) is 3.23. The number of benzene rings is 2. The predicted molar refractivity (Wildman–Crippen MR) is 99.0 cm³/mol. The number of fused-ring (bicyclic) bond motifs is 1. The smallest absolute Gasteiger partial charge is 0.259 e. The van der Waals surface area contributed by atoms with E-state index in [1.54, 1.807) is 6.07 Å². The Balaban J connectivity index is 1.80. The Bertz CT molecular complexity index is 1150. The molecule has 1 amide bonds. The summed E-state index contributed by atoms with van der Waals surface area (Å²) in [5.41, 5.74) is 2.46. The van der Waals surface area contributed by atoms with Crippen molar-refractivity contribution in [2.24, 2.45) is 0 Å². The first kappa shape index (κ1) is 17.4. The van der Waals surface area contributed by atoms with Crippen molar-refractivity contribution >= 4 is 21.6 Å². The molecule has 1 aliphatic heterocycles. The van der Waals surface area contributed by atoms with Crippen molar-refractivity contribution in [3.8, 4) is 5.69 Å². The fraction of sp³-hybridized carbons (Fsp3) is 0.158. The summed E-state index contributed by atoms with van der Waals surface area (Å²) >= 11 is 0. The normalized spacial score (nSPS) is 14.7. The molecule has 138 valence electrons. The van der Waals surface area contributed by atoms with Gasteiger partial charge in [0.1, 0.15) is 11.6 Å². The molecule has 0 spiro atoms. The maximum Gasteiger partial charge on any atom is 0.259 e. The zero-order valence-electron chi connectivity index (χ0n) is 14.4. The third-order valence-electron chi connectivity index (χ3n) is 4.42. The summed E-state index contributed by atoms with van der Waals surface area (Å²) in [5, 5.41) is 7.04. The van der Waals surface area contributed by atoms with E-state index < -0.39 is 21.6 Å². The van der Waals surface area contributed by atoms with Gasteiger partial charge in [-0.05, 0) is 31.2 Å². The second-order valence-electron chi connectivity index (χ2n) is 6.49. The quantitative estimate of drug-likeness (QED) is 0.752. The van der Waals surface area contributed by atoms with Gasteiger partial charge in [0.25, 0.3) is 5.91 Å². The largest absolute Gasteiger partial charge is 0.306 e. The standard InChI is InChI=1S/C19H16FN3O3S/c1-12-6-8-13(9-7-12)23-18(15-10-27(25,26)11-17(15)22-23)21-19(24)14-4-2-3-5-16(14)20/h2-9H,10-11H2,1H3,(H,21,24). The molecule has 1 aromatic heterocycles. The monoisotopic (exact) mass is 385 g/mol. The van der Waals surface area contributed by atoms with Gasteiger partial charge in [0.2, 0.25) is 0 Å². The SMILES string of the molecule is Cc1ccc(-n2nc3c(c2NC(=O)c2ccccc2F)CS(=O)(=O)C3)cc1. The van der Waals surface area contributed by atoms with Crippen molar-refractivity contribution in [2.75, 3.05) is 5.32 Å². The molecule has 8 heteroatoms. The van der Waals surface area contributed by atoms with Gasteiger partial charge >= 0.3 is 0 Å². The molecule has 0 saturated heterocycles. The molecule has 27 heavy (non-hydrogen) atoms. The van der Waals surface area contributed by atoms with E-state index in [-0.39, 0.29) is 22.9 Å². The van der Waals surface area contributed by atoms with Gasteiger partial charge in [-0.3, -0.25) is 4.79 Å². The summed E-state index contributed by atoms with van der Waals surface area (Å²) in [4.78, 5) is 12.6. The van der Waals surface area contributed by atoms with E-state index in [0.717, 1.165) is 5.56 Å². The minimum atomic E-state index is -3.30. The summed E-state index contributed by atoms with van der Waals surface area (Å²) < 4.78 is 39.4. The minimum absolute atomic E-state index is 0.122. The van der Waals surface area contributed by atoms with E-state index in [1.165, 1.54) is 22.9 Å². The number of halogens is 1. The lowest BCUT2D eigenvalue weighted by Crippen LogP contribution is -2.18. The second-order valence-corrected chi connectivity index (χ2v) is 8.55. The Hall–Kier alpha value is -3.00. The number of aryl methyl sites for hydroxylation is 1. The highest BCUT2D eigenvalue weighted by molar-refractivity contribution is 7.90. The van der Waals surface area contributed by atoms with Crippen molar-refractivity contribution in [3.05, 3.63) is 76.7 Å². The van der Waals surface area contributed by atoms with E-state index >= 15 is 0 Å². The van der Waals surface area contributed by atoms with Crippen LogP contribution in [0.15, 0.2) is 48.5 Å². The van der Waals surface area contributed by atoms with Crippen molar-refractivity contribution in [2.45, 2.75) is 18.4 Å². The topological polar surface area (TPSA) is 81.1 Å². The lowest BCUT2D eigenvalue weighted by atomic mass is 10.2. The van der Waals surface area contributed by atoms with E-state index in [1.807, 2.05) is 31.2 Å². The molecule has 1 aliphatic rings. The Labute approximate surface area is 155 Å². The van der Waals surface area contributed by atoms with Crippen LogP contribution in [0.2, 0.25) is 0 Å². The van der Waals surface area contributed by atoms with Crippen molar-refractivity contribution in [1.29, 1.82) is 0 Å². The summed E-state index contributed by atoms with van der Waals surface area (Å²) in [7, 11) is -3.30. The van der Waals surface area contributed by atoms with Crippen LogP contribution in [-0.4, -0.2) is 24.1 Å². The van der Waals surface area contributed by atoms with E-state index in [2.05, 4.69) is 10.4 Å². The van der Waals surface area contributed by atoms with Crippen LogP contribution < -0.4 is 5.32 Å². The Morgan fingerprint density at radius 2 is 1.81 bits per heavy atom. The maximum absolute atomic E-state index is 14.0. The number of carbonyl (C=O) groups is 1. The van der Waals surface area contributed by atoms with Crippen molar-refractivity contribution in [3.63, 3.8) is 0 Å². The maximum atomic E-state index is 14.0. The Kier molecular flexibility index (Phi) is 4.07. The van der Waals surface area contributed by atoms with E-state index in [0.29, 0.717) is 16.9 Å². The summed E-state index contributed by atoms with van der Waals surface area (Å²) in [5.74, 6) is -1.44. The first-order chi connectivity index (χ1) is 12.8. The number of nitrogens with one attached hydrogen (secondary N) is 1. The number of sulfone groups is 1. The number of aromatic nitrogens is 2. The Morgan fingerprint density at radius 3 is 2.52 bits per heavy atom. The Morgan fingerprint density at radius 1 is 1.11 bits per heavy atom. The zero-order chi connectivity index (χ0) is 19.2. The highest BCUT2D eigenvalue weighted by atomic mass is 32.2. The van der Waals surface area contributed by atoms with Crippen LogP contribution in [0, 0.1) is 12.7 Å². The first-order valence-electron chi connectivity index (χ1n) is 8.28. The summed E-state index contributed by atoms with van der Waals surface area (Å²) in [6.07, 6.45) is 0. The van der Waals surface area contributed by atoms with Crippen LogP contribution in [0.1, 0.15) is 27.2 Å². The number of hydrogen-bond acceptors (Lipinski definition) is 4. The summed E-state index contributed by atoms with van der Waals surface area (Å²) in [6.45, 7) is 1.94. The van der Waals surface area contributed by atoms with Crippen molar-refractivity contribution < 1.29 is 17.6 Å². The van der Waals surface area contributed by atoms with Crippen LogP contribution in [0.25, 0.3) is 5.69 Å². The highest BCUT2D eigenvalue weighted by Crippen LogP contribution is 2.33. The average molecular weight is 385 g/mol. The molecule has 0 saturated carbocycles. The van der Waals surface area contributed by atoms with Gasteiger partial charge in [-0.15, -0.1) is 0 Å². The van der Waals surface area contributed by atoms with Crippen LogP contribution in [-0.2, 0) is 21.3 Å². The number of carbonyl (C=O) groups excluding carboxylic acids is 1. The fourth-order valence-electron chi connectivity index (χ4n) is 3.06. The number of hydrogen-bond donors (Lipinski definition) is 1. The van der Waals surface area contributed by atoms with Gasteiger partial charge in [-0.2, -0.15) is 5.10 Å². The van der Waals surface area contributed by atoms with Crippen LogP contribution in [0.5, 0.6) is 0 Å². The molecule has 4 rings (SSSR count). The van der Waals surface area contributed by atoms with Gasteiger partial charge in [-0.25, -0.2) is 17.5 Å². The van der Waals surface area contributed by atoms with Crippen LogP contribution >= 0.6 is 0 Å². The van der Waals surface area contributed by atoms with E-state index in [4.69, 9.17) is 0 Å². The predicted octanol–water partition coefficient (Wildman–Crippen LogP) is 3.00. The third-order valence-corrected chi connectivity index (χ3v) is 5.86. The molecule has 0 atom stereocenters. The number of anilines is 1. The lowest BCUT2D eigenvalue weighted by molar-refractivity contribution is 0.102. The molecular weight excluding hydrogens is 369 g/mol. The zero-order valence-corrected chi connectivity index (χ0v) is 15.3. The lowest BCUT2D eigenvalue weighted by Gasteiger charge is -2.12. The van der Waals surface area contributed by atoms with Crippen LogP contribution in [0.3, 0.4) is 0 Å². The molecule has 0 radical (unpaired) electrons. The van der Waals surface area contributed by atoms with Crippen molar-refractivity contribution in [1.82, 2.24) is 9.78 Å². The van der Waals surface area contributed by atoms with Gasteiger partial charge in [0, 0.05) is 5.56 Å². The van der Waals surface area contributed by atoms with Gasteiger partial charge in [0.05, 0.1) is 28.5 Å². The van der Waals surface area contributed by atoms with Gasteiger partial charge in [-0.1, -0.05) is 29.8 Å². The second kappa shape index (κ2) is 6.31. The fourth-order valence-corrected chi connectivity index (χ4v) is 4.56. The van der Waals surface area contributed by atoms with E-state index in [9.17, 15) is 17.6 Å². The molecule has 0 unspecified atom stereocenters. The summed E-state index contributed by atoms with van der Waals surface area (Å²) in [6, 6.07) is 13.0. The molecule has 3 aromatic rings. The minimum Gasteiger partial charge on any atom is -0.306 e. The molecule has 0 aliphatic carbocycles. The molecule has 6 nitrogen and oxygen atoms in total. The number of nitrogens with zero attached hydrogens (tertiary/aromatic N) is 2. The number of amides is 1. The molecule has 0 fully saturated rings. The van der Waals surface area contributed by atoms with Crippen LogP contribution in [0.4, 0.5) is 10.2 Å². The number of rotatable bonds is 3. The molecule has 0 bridgehead atoms. The molecule has 2 heterocycles. The molecular formula is C19H16FN3O3S. The van der Waals surface area contributed by atoms with Gasteiger partial charge in [0.15, 0.2) is 9.84 Å². The molecule has 2 aromatic carbocycles. The highest BCUT2D eigenvalue weighted by Gasteiger charge is 2.33. The molecule has 1 N–H and O–H groups in total. The average Bonchev–Trinajstić information content (AvgIpc) is 3.09.